The summed E-state index contributed by atoms with van der Waals surface area (Å²) >= 11 is 0. The molecular weight excluding hydrogens is 1730 g/mol. The second-order valence-electron chi connectivity index (χ2n) is 29.7. The van der Waals surface area contributed by atoms with Crippen LogP contribution in [0.2, 0.25) is 196 Å². The van der Waals surface area contributed by atoms with E-state index in [1.165, 1.54) is 42.1 Å². The zero-order chi connectivity index (χ0) is 75.8. The molecule has 48 heteroatoms. The molecule has 0 fully saturated rings. The molecule has 30 nitrogen and oxygen atoms in total. The molecule has 0 amide bonds. The molecule has 0 saturated carbocycles. The molecule has 0 spiro atoms. The van der Waals surface area contributed by atoms with Gasteiger partial charge >= 0.3 is 130 Å². The van der Waals surface area contributed by atoms with E-state index in [2.05, 4.69) is 78.6 Å². The first-order chi connectivity index (χ1) is 41.1. The standard InChI is InChI=1S/C24H68O15Si9.C13H38O12Si5.C9H28O3Si4.16CH4/c1-22(25)24(23(2)27-3)31-47(26,37-45(18,19)35-44(16,17)34-42(12,13)32-40(7,8)9)39-48(29-5,30-6)38-46(20,21)36-43(14,15)33-41(10,11)28-4;1-11(14)13(12(2)15)21-29(17,19-3)25-30(18,20-4)24-28(9,10)23-27(7,8)22-26(5,6)16;1-13(2)10-15(6,7)12-16(8,9)11-14(3,4)5;;;;;;;;;;;;;;;;/h22-26H,1-21H3;11-18H,1-10H3;13H,1-9H3;16*1H4/t22-,23+,24-,47?;11-,12+,13?,29?,30?;;;;;;;;;;;;;;;;;/m1................../s1. The van der Waals surface area contributed by atoms with Crippen LogP contribution in [0.1, 0.15) is 147 Å². The van der Waals surface area contributed by atoms with E-state index in [9.17, 15) is 34.5 Å². The number of aliphatic hydroxyl groups excluding tert-OH is 3. The van der Waals surface area contributed by atoms with Crippen molar-refractivity contribution in [3.63, 3.8) is 0 Å². The summed E-state index contributed by atoms with van der Waals surface area (Å²) in [7, 11) is -45.0. The Hall–Kier alpha value is 2.70. The highest BCUT2D eigenvalue weighted by atomic mass is 28.6. The zero-order valence-corrected chi connectivity index (χ0v) is 83.2. The molecule has 0 aliphatic carbocycles. The molecule has 0 aliphatic heterocycles. The van der Waals surface area contributed by atoms with E-state index < -0.39 is 193 Å². The van der Waals surface area contributed by atoms with Gasteiger partial charge in [-0.1, -0.05) is 119 Å². The molecule has 9 atom stereocenters. The highest BCUT2D eigenvalue weighted by Gasteiger charge is 2.64. The fourth-order valence-electron chi connectivity index (χ4n) is 9.89. The van der Waals surface area contributed by atoms with Crippen molar-refractivity contribution >= 4 is 156 Å². The zero-order valence-electron chi connectivity index (χ0n) is 65.1. The molecule has 7 N–H and O–H groups in total. The van der Waals surface area contributed by atoms with E-state index in [0.29, 0.717) is 0 Å². The molecular formula is C62H198O30Si18. The van der Waals surface area contributed by atoms with Crippen LogP contribution in [0, 0.1) is 0 Å². The highest BCUT2D eigenvalue weighted by molar-refractivity contribution is 6.91. The summed E-state index contributed by atoms with van der Waals surface area (Å²) in [6.45, 7) is 64.2. The van der Waals surface area contributed by atoms with Crippen molar-refractivity contribution in [3.8, 4) is 0 Å². The molecule has 0 aliphatic rings. The Labute approximate surface area is 705 Å². The maximum atomic E-state index is 12.3. The van der Waals surface area contributed by atoms with Gasteiger partial charge in [-0.3, -0.25) is 0 Å². The number of hydrogen-bond acceptors (Lipinski definition) is 30. The second-order valence-corrected chi connectivity index (χ2v) is 90.2. The van der Waals surface area contributed by atoms with Crippen molar-refractivity contribution in [2.45, 2.75) is 380 Å². The third-order valence-electron chi connectivity index (χ3n) is 11.0. The first-order valence-corrected chi connectivity index (χ1v) is 78.5. The molecule has 0 aromatic rings. The van der Waals surface area contributed by atoms with Gasteiger partial charge in [-0.05, 0) is 224 Å². The highest BCUT2D eigenvalue weighted by Crippen LogP contribution is 2.33. The van der Waals surface area contributed by atoms with Gasteiger partial charge < -0.3 is 132 Å². The van der Waals surface area contributed by atoms with Crippen molar-refractivity contribution in [2.24, 2.45) is 0 Å². The molecule has 0 aromatic heterocycles. The second kappa shape index (κ2) is 61.9. The van der Waals surface area contributed by atoms with E-state index in [0.717, 1.165) is 14.2 Å². The minimum atomic E-state index is -4.90. The van der Waals surface area contributed by atoms with Crippen LogP contribution in [0.25, 0.3) is 0 Å². The van der Waals surface area contributed by atoms with Crippen LogP contribution in [0.15, 0.2) is 0 Å². The van der Waals surface area contributed by atoms with Gasteiger partial charge in [-0.2, -0.15) is 0 Å². The molecule has 0 heterocycles. The first kappa shape index (κ1) is 160. The van der Waals surface area contributed by atoms with Gasteiger partial charge in [0.2, 0.25) is 0 Å². The van der Waals surface area contributed by atoms with Crippen LogP contribution in [-0.2, 0) is 97.4 Å². The molecule has 0 saturated heterocycles. The summed E-state index contributed by atoms with van der Waals surface area (Å²) in [5.41, 5.74) is 0. The summed E-state index contributed by atoms with van der Waals surface area (Å²) < 4.78 is 136. The Morgan fingerprint density at radius 2 is 0.491 bits per heavy atom. The number of aliphatic hydroxyl groups is 3. The Kier molecular flexibility index (Phi) is 90.1. The fraction of sp³-hybridized carbons (Fsp3) is 1.00. The smallest absolute Gasteiger partial charge is 0.440 e. The van der Waals surface area contributed by atoms with Gasteiger partial charge in [-0.25, -0.2) is 0 Å². The number of methoxy groups -OCH3 is 1. The van der Waals surface area contributed by atoms with Gasteiger partial charge in [0.05, 0.1) is 24.4 Å². The topological polar surface area (TPSA) is 354 Å². The van der Waals surface area contributed by atoms with Gasteiger partial charge in [0, 0.05) is 42.7 Å². The van der Waals surface area contributed by atoms with Crippen LogP contribution < -0.4 is 0 Å². The number of rotatable bonds is 44. The fourth-order valence-corrected chi connectivity index (χ4v) is 81.0. The third kappa shape index (κ3) is 73.4. The van der Waals surface area contributed by atoms with Crippen LogP contribution in [0.3, 0.4) is 0 Å². The summed E-state index contributed by atoms with van der Waals surface area (Å²) in [5.74, 6) is 0. The Bertz CT molecular complexity index is 2160. The molecule has 0 aromatic carbocycles. The predicted molar refractivity (Wildman–Crippen MR) is 510 cm³/mol. The third-order valence-corrected chi connectivity index (χ3v) is 68.8. The molecule has 110 heavy (non-hydrogen) atoms. The quantitative estimate of drug-likeness (QED) is 0.0279. The van der Waals surface area contributed by atoms with Crippen molar-refractivity contribution in [1.82, 2.24) is 0 Å². The molecule has 0 bridgehead atoms. The summed E-state index contributed by atoms with van der Waals surface area (Å²) in [5, 5.41) is 30.2. The Morgan fingerprint density at radius 1 is 0.245 bits per heavy atom. The average molecular weight is 1930 g/mol. The maximum Gasteiger partial charge on any atom is 0.671 e. The number of hydrogen-bond donors (Lipinski definition) is 7. The monoisotopic (exact) mass is 1930 g/mol. The van der Waals surface area contributed by atoms with Crippen LogP contribution in [-0.4, -0.2) is 270 Å². The molecule has 0 radical (unpaired) electrons. The van der Waals surface area contributed by atoms with E-state index in [-0.39, 0.29) is 119 Å². The normalized spacial score (nSPS) is 15.7. The van der Waals surface area contributed by atoms with Crippen LogP contribution in [0.5, 0.6) is 0 Å². The lowest BCUT2D eigenvalue weighted by atomic mass is 10.1. The van der Waals surface area contributed by atoms with Gasteiger partial charge in [0.25, 0.3) is 0 Å². The average Bonchev–Trinajstić information content (AvgIpc) is 0.784. The predicted octanol–water partition coefficient (Wildman–Crippen LogP) is 17.7. The minimum Gasteiger partial charge on any atom is -0.440 e. The summed E-state index contributed by atoms with van der Waals surface area (Å²) in [4.78, 5) is 43.7. The molecule has 0 rings (SSSR count). The van der Waals surface area contributed by atoms with Crippen molar-refractivity contribution in [3.05, 3.63) is 0 Å². The maximum absolute atomic E-state index is 12.3. The number of ether oxygens (including phenoxy) is 1. The van der Waals surface area contributed by atoms with E-state index in [1.54, 1.807) is 79.5 Å². The lowest BCUT2D eigenvalue weighted by Gasteiger charge is -2.43. The van der Waals surface area contributed by atoms with E-state index in [4.69, 9.17) is 97.4 Å². The molecule has 4 unspecified atom stereocenters. The van der Waals surface area contributed by atoms with Gasteiger partial charge in [0.15, 0.2) is 25.7 Å². The van der Waals surface area contributed by atoms with E-state index in [1.807, 2.05) is 52.4 Å². The van der Waals surface area contributed by atoms with Crippen molar-refractivity contribution in [1.29, 1.82) is 0 Å². The Balaban J connectivity index is -0.0000000685. The largest absolute Gasteiger partial charge is 0.671 e. The van der Waals surface area contributed by atoms with Crippen molar-refractivity contribution < 1.29 is 132 Å². The van der Waals surface area contributed by atoms with Gasteiger partial charge in [-0.15, -0.1) is 0 Å². The minimum absolute atomic E-state index is 0. The van der Waals surface area contributed by atoms with Crippen LogP contribution >= 0.6 is 0 Å². The van der Waals surface area contributed by atoms with Crippen LogP contribution in [0.4, 0.5) is 0 Å². The molecule has 698 valence electrons. The Morgan fingerprint density at radius 3 is 0.736 bits per heavy atom. The summed E-state index contributed by atoms with van der Waals surface area (Å²) in [6.07, 6.45) is -6.44. The van der Waals surface area contributed by atoms with Crippen molar-refractivity contribution in [2.75, 3.05) is 42.7 Å². The summed E-state index contributed by atoms with van der Waals surface area (Å²) in [6, 6.07) is 0. The first-order valence-electron chi connectivity index (χ1n) is 31.2. The lowest BCUT2D eigenvalue weighted by Crippen LogP contribution is -2.69. The van der Waals surface area contributed by atoms with Gasteiger partial charge in [0.1, 0.15) is 12.2 Å². The lowest BCUT2D eigenvalue weighted by molar-refractivity contribution is -0.0991. The SMILES string of the molecule is C.C.C.C.C.C.C.C.C.C.C.C.C.C.C.C.CO[C@@H](C)[C@H](O[Si](O)(O[Si](C)(C)O[Si](C)(C)O[Si](C)(C)O[Si](C)(C)C)O[Si](OC)(OC)O[Si](C)(C)O[Si](C)(C)O[Si](C)(C)OC)[C@@H](C)O.CO[Si](O)(OC([C@H](C)O)[C@@H](C)O)O[Si](O)(OC)O[Si](C)(C)O[Si](C)(C)O[Si](C)(C)O.C[SiH](C)O[Si](C)(C)O[Si](C)(C)O[Si](C)(C)C. The van der Waals surface area contributed by atoms with E-state index >= 15 is 0 Å².